The van der Waals surface area contributed by atoms with E-state index in [0.29, 0.717) is 17.9 Å². The molecule has 0 aliphatic heterocycles. The summed E-state index contributed by atoms with van der Waals surface area (Å²) in [6.07, 6.45) is 1.40. The minimum absolute atomic E-state index is 0.0596. The first-order valence-corrected chi connectivity index (χ1v) is 8.43. The van der Waals surface area contributed by atoms with E-state index in [1.165, 1.54) is 18.2 Å². The Balaban J connectivity index is 2.36. The third-order valence-electron chi connectivity index (χ3n) is 3.34. The van der Waals surface area contributed by atoms with Crippen molar-refractivity contribution in [2.24, 2.45) is 0 Å². The van der Waals surface area contributed by atoms with Crippen LogP contribution in [0.1, 0.15) is 22.8 Å². The highest BCUT2D eigenvalue weighted by Crippen LogP contribution is 2.26. The summed E-state index contributed by atoms with van der Waals surface area (Å²) in [7, 11) is 0. The summed E-state index contributed by atoms with van der Waals surface area (Å²) in [6.45, 7) is 2.26. The number of halogens is 1. The van der Waals surface area contributed by atoms with Crippen molar-refractivity contribution in [1.82, 2.24) is 0 Å². The lowest BCUT2D eigenvalue weighted by molar-refractivity contribution is -0.112. The second-order valence-corrected chi connectivity index (χ2v) is 6.01. The molecule has 2 aromatic carbocycles. The molecule has 2 rings (SSSR count). The average molecular weight is 415 g/mol. The number of amides is 1. The summed E-state index contributed by atoms with van der Waals surface area (Å²) in [5, 5.41) is 21.0. The van der Waals surface area contributed by atoms with Crippen molar-refractivity contribution in [3.8, 4) is 11.8 Å². The molecule has 132 valence electrons. The highest BCUT2D eigenvalue weighted by molar-refractivity contribution is 9.10. The van der Waals surface area contributed by atoms with Crippen LogP contribution in [0.25, 0.3) is 6.08 Å². The van der Waals surface area contributed by atoms with Crippen LogP contribution < -0.4 is 10.1 Å². The van der Waals surface area contributed by atoms with Crippen molar-refractivity contribution >= 4 is 39.6 Å². The lowest BCUT2D eigenvalue weighted by Gasteiger charge is -2.10. The number of para-hydroxylation sites is 1. The van der Waals surface area contributed by atoms with Crippen molar-refractivity contribution in [3.63, 3.8) is 0 Å². The summed E-state index contributed by atoms with van der Waals surface area (Å²) in [4.78, 5) is 23.7. The number of anilines is 1. The van der Waals surface area contributed by atoms with Gasteiger partial charge in [0.1, 0.15) is 17.4 Å². The first-order valence-electron chi connectivity index (χ1n) is 7.64. The Labute approximate surface area is 158 Å². The summed E-state index contributed by atoms with van der Waals surface area (Å²) >= 11 is 3.34. The van der Waals surface area contributed by atoms with Crippen LogP contribution in [0.4, 0.5) is 5.69 Å². The first kappa shape index (κ1) is 19.2. The molecule has 0 saturated carbocycles. The minimum Gasteiger partial charge on any atom is -0.493 e. The van der Waals surface area contributed by atoms with Gasteiger partial charge in [0.25, 0.3) is 5.91 Å². The molecule has 0 atom stereocenters. The topological polar surface area (TPSA) is 99.4 Å². The Kier molecular flexibility index (Phi) is 6.53. The van der Waals surface area contributed by atoms with E-state index >= 15 is 0 Å². The molecule has 6 nitrogen and oxygen atoms in total. The van der Waals surface area contributed by atoms with Crippen LogP contribution in [-0.2, 0) is 4.79 Å². The number of nitriles is 1. The maximum atomic E-state index is 12.4. The number of ether oxygens (including phenoxy) is 1. The zero-order chi connectivity index (χ0) is 19.1. The lowest BCUT2D eigenvalue weighted by atomic mass is 10.1. The van der Waals surface area contributed by atoms with Crippen molar-refractivity contribution in [3.05, 3.63) is 63.6 Å². The van der Waals surface area contributed by atoms with Crippen LogP contribution in [-0.4, -0.2) is 23.6 Å². The second kappa shape index (κ2) is 8.83. The lowest BCUT2D eigenvalue weighted by Crippen LogP contribution is -2.16. The molecular weight excluding hydrogens is 400 g/mol. The molecule has 0 spiro atoms. The maximum absolute atomic E-state index is 12.4. The minimum atomic E-state index is -1.17. The average Bonchev–Trinajstić information content (AvgIpc) is 2.62. The van der Waals surface area contributed by atoms with E-state index in [0.717, 1.165) is 4.47 Å². The molecule has 0 radical (unpaired) electrons. The molecule has 7 heteroatoms. The van der Waals surface area contributed by atoms with Gasteiger partial charge in [0.15, 0.2) is 0 Å². The van der Waals surface area contributed by atoms with Gasteiger partial charge in [0, 0.05) is 10.0 Å². The molecule has 0 aromatic heterocycles. The molecule has 26 heavy (non-hydrogen) atoms. The van der Waals surface area contributed by atoms with Crippen LogP contribution in [0.15, 0.2) is 52.5 Å². The molecule has 0 fully saturated rings. The first-order chi connectivity index (χ1) is 12.5. The molecule has 0 heterocycles. The van der Waals surface area contributed by atoms with Gasteiger partial charge >= 0.3 is 5.97 Å². The number of nitrogens with zero attached hydrogens (tertiary/aromatic N) is 1. The van der Waals surface area contributed by atoms with E-state index in [9.17, 15) is 20.0 Å². The predicted octanol–water partition coefficient (Wildman–Crippen LogP) is 4.09. The Morgan fingerprint density at radius 2 is 2.04 bits per heavy atom. The number of hydrogen-bond donors (Lipinski definition) is 2. The van der Waals surface area contributed by atoms with E-state index in [2.05, 4.69) is 21.2 Å². The van der Waals surface area contributed by atoms with E-state index < -0.39 is 11.9 Å². The molecule has 1 amide bonds. The van der Waals surface area contributed by atoms with E-state index in [1.54, 1.807) is 30.3 Å². The molecule has 0 aliphatic rings. The number of rotatable bonds is 6. The van der Waals surface area contributed by atoms with Gasteiger partial charge in [0.2, 0.25) is 0 Å². The third-order valence-corrected chi connectivity index (χ3v) is 3.84. The molecule has 0 saturated heterocycles. The zero-order valence-electron chi connectivity index (χ0n) is 13.8. The van der Waals surface area contributed by atoms with Crippen molar-refractivity contribution in [1.29, 1.82) is 5.26 Å². The normalized spacial score (nSPS) is 10.7. The smallest absolute Gasteiger partial charge is 0.337 e. The molecule has 2 aromatic rings. The maximum Gasteiger partial charge on any atom is 0.337 e. The van der Waals surface area contributed by atoms with Gasteiger partial charge in [-0.3, -0.25) is 4.79 Å². The number of benzene rings is 2. The molecule has 2 N–H and O–H groups in total. The Bertz CT molecular complexity index is 916. The molecule has 0 bridgehead atoms. The van der Waals surface area contributed by atoms with Crippen LogP contribution in [0.2, 0.25) is 0 Å². The largest absolute Gasteiger partial charge is 0.493 e. The SMILES string of the molecule is CCOc1ccc(Br)cc1/C=C(\C#N)C(=O)Nc1ccccc1C(=O)O. The number of aromatic carboxylic acids is 1. The monoisotopic (exact) mass is 414 g/mol. The quantitative estimate of drug-likeness (QED) is 0.547. The molecule has 0 unspecified atom stereocenters. The summed E-state index contributed by atoms with van der Waals surface area (Å²) in [5.41, 5.74) is 0.435. The molecule has 0 aliphatic carbocycles. The summed E-state index contributed by atoms with van der Waals surface area (Å²) < 4.78 is 6.27. The van der Waals surface area contributed by atoms with Gasteiger partial charge in [-0.15, -0.1) is 0 Å². The highest BCUT2D eigenvalue weighted by Gasteiger charge is 2.15. The van der Waals surface area contributed by atoms with Crippen LogP contribution in [0.3, 0.4) is 0 Å². The van der Waals surface area contributed by atoms with E-state index in [-0.39, 0.29) is 16.8 Å². The summed E-state index contributed by atoms with van der Waals surface area (Å²) in [5.74, 6) is -1.35. The fraction of sp³-hybridized carbons (Fsp3) is 0.105. The standard InChI is InChI=1S/C19H15BrN2O4/c1-2-26-17-8-7-14(20)10-12(17)9-13(11-21)18(23)22-16-6-4-3-5-15(16)19(24)25/h3-10H,2H2,1H3,(H,22,23)(H,24,25)/b13-9+. The van der Waals surface area contributed by atoms with Gasteiger partial charge in [-0.1, -0.05) is 28.1 Å². The van der Waals surface area contributed by atoms with Crippen LogP contribution in [0.5, 0.6) is 5.75 Å². The molecular formula is C19H15BrN2O4. The Morgan fingerprint density at radius 3 is 2.69 bits per heavy atom. The highest BCUT2D eigenvalue weighted by atomic mass is 79.9. The zero-order valence-corrected chi connectivity index (χ0v) is 15.4. The number of hydrogen-bond acceptors (Lipinski definition) is 4. The van der Waals surface area contributed by atoms with Crippen LogP contribution in [0, 0.1) is 11.3 Å². The number of nitrogens with one attached hydrogen (secondary N) is 1. The number of carboxylic acids is 1. The van der Waals surface area contributed by atoms with Crippen molar-refractivity contribution in [2.45, 2.75) is 6.92 Å². The van der Waals surface area contributed by atoms with E-state index in [1.807, 2.05) is 13.0 Å². The fourth-order valence-corrected chi connectivity index (χ4v) is 2.57. The third kappa shape index (κ3) is 4.71. The van der Waals surface area contributed by atoms with Crippen molar-refractivity contribution in [2.75, 3.05) is 11.9 Å². The van der Waals surface area contributed by atoms with Crippen molar-refractivity contribution < 1.29 is 19.4 Å². The fourth-order valence-electron chi connectivity index (χ4n) is 2.19. The van der Waals surface area contributed by atoms with Gasteiger partial charge in [-0.2, -0.15) is 5.26 Å². The van der Waals surface area contributed by atoms with Gasteiger partial charge in [-0.25, -0.2) is 4.79 Å². The Morgan fingerprint density at radius 1 is 1.31 bits per heavy atom. The number of carboxylic acid groups (broad SMARTS) is 1. The number of carbonyl (C=O) groups is 2. The second-order valence-electron chi connectivity index (χ2n) is 5.09. The van der Waals surface area contributed by atoms with Crippen LogP contribution >= 0.6 is 15.9 Å². The van der Waals surface area contributed by atoms with Gasteiger partial charge < -0.3 is 15.2 Å². The van der Waals surface area contributed by atoms with E-state index in [4.69, 9.17) is 4.74 Å². The predicted molar refractivity (Wildman–Crippen MR) is 101 cm³/mol. The van der Waals surface area contributed by atoms with Gasteiger partial charge in [-0.05, 0) is 43.3 Å². The Hall–Kier alpha value is -3.11. The summed E-state index contributed by atoms with van der Waals surface area (Å²) in [6, 6.07) is 13.1. The van der Waals surface area contributed by atoms with Gasteiger partial charge in [0.05, 0.1) is 17.9 Å². The number of carbonyl (C=O) groups excluding carboxylic acids is 1.